The fraction of sp³-hybridized carbons (Fsp3) is 0.929. The van der Waals surface area contributed by atoms with Crippen molar-refractivity contribution in [3.63, 3.8) is 0 Å². The van der Waals surface area contributed by atoms with Crippen LogP contribution in [0.4, 0.5) is 0 Å². The molecular weight excluding hydrogens is 198 g/mol. The summed E-state index contributed by atoms with van der Waals surface area (Å²) in [6, 6.07) is 0.356. The van der Waals surface area contributed by atoms with Crippen molar-refractivity contribution < 1.29 is 4.79 Å². The first-order valence-corrected chi connectivity index (χ1v) is 6.96. The number of rotatable bonds is 2. The van der Waals surface area contributed by atoms with E-state index in [-0.39, 0.29) is 0 Å². The number of nitrogens with two attached hydrogens (primary N) is 1. The zero-order chi connectivity index (χ0) is 11.5. The molecule has 0 amide bonds. The van der Waals surface area contributed by atoms with Gasteiger partial charge >= 0.3 is 0 Å². The summed E-state index contributed by atoms with van der Waals surface area (Å²) in [5.74, 6) is 2.05. The Kier molecular flexibility index (Phi) is 4.01. The second-order valence-corrected chi connectivity index (χ2v) is 5.98. The van der Waals surface area contributed by atoms with Crippen molar-refractivity contribution in [3.8, 4) is 0 Å². The highest BCUT2D eigenvalue weighted by molar-refractivity contribution is 5.83. The molecule has 2 N–H and O–H groups in total. The summed E-state index contributed by atoms with van der Waals surface area (Å²) in [5, 5.41) is 0. The molecule has 0 aromatic rings. The summed E-state index contributed by atoms with van der Waals surface area (Å²) in [7, 11) is 0. The van der Waals surface area contributed by atoms with Crippen LogP contribution in [0.5, 0.6) is 0 Å². The van der Waals surface area contributed by atoms with E-state index in [4.69, 9.17) is 5.73 Å². The van der Waals surface area contributed by atoms with Gasteiger partial charge in [-0.05, 0) is 44.4 Å². The van der Waals surface area contributed by atoms with Crippen LogP contribution in [0.15, 0.2) is 0 Å². The first-order valence-electron chi connectivity index (χ1n) is 6.96. The van der Waals surface area contributed by atoms with Gasteiger partial charge in [0.15, 0.2) is 0 Å². The van der Waals surface area contributed by atoms with Crippen LogP contribution in [0.3, 0.4) is 0 Å². The SMILES string of the molecule is CC1CCCC(C(=O)C2CCC(N)CC2)C1. The van der Waals surface area contributed by atoms with Gasteiger partial charge in [-0.3, -0.25) is 4.79 Å². The first kappa shape index (κ1) is 12.1. The molecule has 0 aromatic heterocycles. The van der Waals surface area contributed by atoms with Gasteiger partial charge in [0, 0.05) is 17.9 Å². The lowest BCUT2D eigenvalue weighted by atomic mass is 9.73. The lowest BCUT2D eigenvalue weighted by Crippen LogP contribution is -2.34. The van der Waals surface area contributed by atoms with Crippen LogP contribution < -0.4 is 5.73 Å². The smallest absolute Gasteiger partial charge is 0.139 e. The molecule has 2 fully saturated rings. The Balaban J connectivity index is 1.86. The Morgan fingerprint density at radius 3 is 2.31 bits per heavy atom. The highest BCUT2D eigenvalue weighted by Crippen LogP contribution is 2.34. The van der Waals surface area contributed by atoms with E-state index in [2.05, 4.69) is 6.92 Å². The predicted molar refractivity (Wildman–Crippen MR) is 66.1 cm³/mol. The van der Waals surface area contributed by atoms with E-state index in [1.165, 1.54) is 12.8 Å². The Hall–Kier alpha value is -0.370. The predicted octanol–water partition coefficient (Wildman–Crippen LogP) is 2.90. The highest BCUT2D eigenvalue weighted by atomic mass is 16.1. The summed E-state index contributed by atoms with van der Waals surface area (Å²) >= 11 is 0. The minimum Gasteiger partial charge on any atom is -0.328 e. The second kappa shape index (κ2) is 5.31. The van der Waals surface area contributed by atoms with E-state index in [1.807, 2.05) is 0 Å². The van der Waals surface area contributed by atoms with E-state index < -0.39 is 0 Å². The van der Waals surface area contributed by atoms with Gasteiger partial charge in [-0.15, -0.1) is 0 Å². The summed E-state index contributed by atoms with van der Waals surface area (Å²) in [5.41, 5.74) is 5.89. The van der Waals surface area contributed by atoms with Crippen molar-refractivity contribution in [2.45, 2.75) is 64.3 Å². The van der Waals surface area contributed by atoms with Crippen LogP contribution in [0.25, 0.3) is 0 Å². The maximum Gasteiger partial charge on any atom is 0.139 e. The van der Waals surface area contributed by atoms with Crippen LogP contribution >= 0.6 is 0 Å². The fourth-order valence-electron chi connectivity index (χ4n) is 3.43. The number of ketones is 1. The van der Waals surface area contributed by atoms with Crippen molar-refractivity contribution in [2.24, 2.45) is 23.5 Å². The molecule has 2 rings (SSSR count). The quantitative estimate of drug-likeness (QED) is 0.782. The molecule has 2 aliphatic carbocycles. The molecule has 0 spiro atoms. The molecule has 92 valence electrons. The highest BCUT2D eigenvalue weighted by Gasteiger charge is 2.32. The lowest BCUT2D eigenvalue weighted by Gasteiger charge is -2.31. The van der Waals surface area contributed by atoms with Crippen molar-refractivity contribution in [1.82, 2.24) is 0 Å². The van der Waals surface area contributed by atoms with Crippen LogP contribution in [0.2, 0.25) is 0 Å². The molecule has 2 atom stereocenters. The molecule has 2 saturated carbocycles. The average molecular weight is 223 g/mol. The number of carbonyl (C=O) groups excluding carboxylic acids is 1. The molecule has 0 bridgehead atoms. The maximum atomic E-state index is 12.4. The third-order valence-corrected chi connectivity index (χ3v) is 4.51. The molecule has 2 aliphatic rings. The number of hydrogen-bond acceptors (Lipinski definition) is 2. The van der Waals surface area contributed by atoms with Gasteiger partial charge in [-0.1, -0.05) is 19.8 Å². The number of Topliss-reactive ketones (excluding diaryl/α,β-unsaturated/α-hetero) is 1. The van der Waals surface area contributed by atoms with Gasteiger partial charge in [0.05, 0.1) is 0 Å². The molecule has 2 unspecified atom stereocenters. The van der Waals surface area contributed by atoms with Crippen molar-refractivity contribution in [3.05, 3.63) is 0 Å². The summed E-state index contributed by atoms with van der Waals surface area (Å²) in [6.45, 7) is 2.29. The van der Waals surface area contributed by atoms with Gasteiger partial charge in [-0.25, -0.2) is 0 Å². The minimum atomic E-state index is 0.343. The van der Waals surface area contributed by atoms with Gasteiger partial charge in [0.1, 0.15) is 5.78 Å². The molecule has 16 heavy (non-hydrogen) atoms. The van der Waals surface area contributed by atoms with Crippen molar-refractivity contribution in [1.29, 1.82) is 0 Å². The molecule has 0 aliphatic heterocycles. The molecular formula is C14H25NO. The standard InChI is InChI=1S/C14H25NO/c1-10-3-2-4-12(9-10)14(16)11-5-7-13(15)8-6-11/h10-13H,2-9,15H2,1H3. The topological polar surface area (TPSA) is 43.1 Å². The summed E-state index contributed by atoms with van der Waals surface area (Å²) in [4.78, 5) is 12.4. The van der Waals surface area contributed by atoms with Crippen LogP contribution in [0, 0.1) is 17.8 Å². The summed E-state index contributed by atoms with van der Waals surface area (Å²) in [6.07, 6.45) is 9.06. The zero-order valence-corrected chi connectivity index (χ0v) is 10.5. The largest absolute Gasteiger partial charge is 0.328 e. The lowest BCUT2D eigenvalue weighted by molar-refractivity contribution is -0.129. The van der Waals surface area contributed by atoms with E-state index in [0.717, 1.165) is 44.4 Å². The monoisotopic (exact) mass is 223 g/mol. The number of carbonyl (C=O) groups is 1. The third-order valence-electron chi connectivity index (χ3n) is 4.51. The van der Waals surface area contributed by atoms with Gasteiger partial charge in [0.2, 0.25) is 0 Å². The van der Waals surface area contributed by atoms with Gasteiger partial charge in [-0.2, -0.15) is 0 Å². The van der Waals surface area contributed by atoms with Gasteiger partial charge < -0.3 is 5.73 Å². The van der Waals surface area contributed by atoms with Crippen molar-refractivity contribution >= 4 is 5.78 Å². The molecule has 2 nitrogen and oxygen atoms in total. The maximum absolute atomic E-state index is 12.4. The molecule has 0 heterocycles. The van der Waals surface area contributed by atoms with Crippen LogP contribution in [-0.4, -0.2) is 11.8 Å². The van der Waals surface area contributed by atoms with Crippen LogP contribution in [0.1, 0.15) is 58.3 Å². The average Bonchev–Trinajstić information content (AvgIpc) is 2.29. The van der Waals surface area contributed by atoms with E-state index in [0.29, 0.717) is 23.7 Å². The molecule has 2 heteroatoms. The fourth-order valence-corrected chi connectivity index (χ4v) is 3.43. The normalized spacial score (nSPS) is 40.6. The molecule has 0 aromatic carbocycles. The summed E-state index contributed by atoms with van der Waals surface area (Å²) < 4.78 is 0. The Bertz CT molecular complexity index is 243. The third kappa shape index (κ3) is 2.85. The Labute approximate surface area is 99.0 Å². The zero-order valence-electron chi connectivity index (χ0n) is 10.5. The van der Waals surface area contributed by atoms with Crippen molar-refractivity contribution in [2.75, 3.05) is 0 Å². The first-order chi connectivity index (χ1) is 7.66. The molecule has 0 radical (unpaired) electrons. The van der Waals surface area contributed by atoms with E-state index in [9.17, 15) is 4.79 Å². The van der Waals surface area contributed by atoms with E-state index >= 15 is 0 Å². The second-order valence-electron chi connectivity index (χ2n) is 5.98. The Morgan fingerprint density at radius 1 is 1.00 bits per heavy atom. The van der Waals surface area contributed by atoms with Crippen LogP contribution in [-0.2, 0) is 4.79 Å². The minimum absolute atomic E-state index is 0.343. The van der Waals surface area contributed by atoms with Gasteiger partial charge in [0.25, 0.3) is 0 Å². The van der Waals surface area contributed by atoms with E-state index in [1.54, 1.807) is 0 Å². The molecule has 0 saturated heterocycles. The number of hydrogen-bond donors (Lipinski definition) is 1. The Morgan fingerprint density at radius 2 is 1.69 bits per heavy atom.